The van der Waals surface area contributed by atoms with Crippen molar-refractivity contribution in [1.82, 2.24) is 0 Å². The Morgan fingerprint density at radius 1 is 1.38 bits per heavy atom. The van der Waals surface area contributed by atoms with Crippen molar-refractivity contribution in [2.24, 2.45) is 5.73 Å². The van der Waals surface area contributed by atoms with Gasteiger partial charge in [-0.1, -0.05) is 36.2 Å². The van der Waals surface area contributed by atoms with Gasteiger partial charge in [0.05, 0.1) is 10.0 Å². The van der Waals surface area contributed by atoms with Crippen LogP contribution in [0.4, 0.5) is 0 Å². The maximum Gasteiger partial charge on any atom is 0.0624 e. The molecule has 0 saturated heterocycles. The van der Waals surface area contributed by atoms with E-state index in [0.717, 1.165) is 17.5 Å². The van der Waals surface area contributed by atoms with Crippen molar-refractivity contribution in [1.29, 1.82) is 0 Å². The van der Waals surface area contributed by atoms with E-state index in [-0.39, 0.29) is 6.04 Å². The van der Waals surface area contributed by atoms with Crippen LogP contribution in [-0.2, 0) is 0 Å². The first-order valence-electron chi connectivity index (χ1n) is 4.28. The minimum Gasteiger partial charge on any atom is -0.324 e. The van der Waals surface area contributed by atoms with Gasteiger partial charge in [-0.15, -0.1) is 0 Å². The Labute approximate surface area is 88.8 Å². The molecule has 72 valence electrons. The number of benzene rings is 1. The van der Waals surface area contributed by atoms with Gasteiger partial charge in [0.25, 0.3) is 0 Å². The zero-order valence-corrected chi connectivity index (χ0v) is 9.28. The van der Waals surface area contributed by atoms with Gasteiger partial charge in [-0.05, 0) is 30.5 Å². The van der Waals surface area contributed by atoms with Crippen LogP contribution >= 0.6 is 23.2 Å². The zero-order valence-electron chi connectivity index (χ0n) is 7.77. The van der Waals surface area contributed by atoms with Crippen LogP contribution in [-0.4, -0.2) is 0 Å². The summed E-state index contributed by atoms with van der Waals surface area (Å²) in [6.07, 6.45) is 0.902. The molecule has 1 aromatic rings. The van der Waals surface area contributed by atoms with Gasteiger partial charge in [0.2, 0.25) is 0 Å². The third-order valence-electron chi connectivity index (χ3n) is 2.22. The van der Waals surface area contributed by atoms with Gasteiger partial charge in [0.15, 0.2) is 0 Å². The van der Waals surface area contributed by atoms with Gasteiger partial charge in [-0.2, -0.15) is 0 Å². The highest BCUT2D eigenvalue weighted by molar-refractivity contribution is 6.42. The van der Waals surface area contributed by atoms with Gasteiger partial charge < -0.3 is 5.73 Å². The highest BCUT2D eigenvalue weighted by atomic mass is 35.5. The van der Waals surface area contributed by atoms with Gasteiger partial charge in [-0.25, -0.2) is 0 Å². The lowest BCUT2D eigenvalue weighted by Gasteiger charge is -2.14. The molecule has 0 heterocycles. The Balaban J connectivity index is 3.18. The van der Waals surface area contributed by atoms with Crippen LogP contribution in [0.2, 0.25) is 10.0 Å². The van der Waals surface area contributed by atoms with Crippen LogP contribution in [0, 0.1) is 6.92 Å². The summed E-state index contributed by atoms with van der Waals surface area (Å²) in [7, 11) is 0. The Morgan fingerprint density at radius 3 is 2.54 bits per heavy atom. The van der Waals surface area contributed by atoms with Crippen LogP contribution in [0.5, 0.6) is 0 Å². The molecule has 0 bridgehead atoms. The highest BCUT2D eigenvalue weighted by Gasteiger charge is 2.10. The first-order chi connectivity index (χ1) is 6.07. The summed E-state index contributed by atoms with van der Waals surface area (Å²) in [5.41, 5.74) is 7.98. The first kappa shape index (κ1) is 10.8. The summed E-state index contributed by atoms with van der Waals surface area (Å²) in [6, 6.07) is 3.79. The summed E-state index contributed by atoms with van der Waals surface area (Å²) in [4.78, 5) is 0. The molecule has 0 amide bonds. The zero-order chi connectivity index (χ0) is 10.0. The Hall–Kier alpha value is -0.240. The van der Waals surface area contributed by atoms with E-state index in [0.29, 0.717) is 10.0 Å². The lowest BCUT2D eigenvalue weighted by Crippen LogP contribution is -2.10. The number of hydrogen-bond donors (Lipinski definition) is 1. The smallest absolute Gasteiger partial charge is 0.0624 e. The van der Waals surface area contributed by atoms with E-state index in [2.05, 4.69) is 0 Å². The monoisotopic (exact) mass is 217 g/mol. The van der Waals surface area contributed by atoms with E-state index < -0.39 is 0 Å². The topological polar surface area (TPSA) is 26.0 Å². The van der Waals surface area contributed by atoms with Crippen LogP contribution in [0.25, 0.3) is 0 Å². The largest absolute Gasteiger partial charge is 0.324 e. The van der Waals surface area contributed by atoms with Gasteiger partial charge in [0.1, 0.15) is 0 Å². The molecule has 3 heteroatoms. The molecular weight excluding hydrogens is 205 g/mol. The standard InChI is InChI=1S/C10H13Cl2N/c1-3-9(13)7-4-5-8(11)10(12)6(7)2/h4-5,9H,3,13H2,1-2H3/t9-/m0/s1. The molecule has 0 aliphatic heterocycles. The van der Waals surface area contributed by atoms with Crippen LogP contribution in [0.3, 0.4) is 0 Å². The molecule has 0 spiro atoms. The SMILES string of the molecule is CC[C@H](N)c1ccc(Cl)c(Cl)c1C. The van der Waals surface area contributed by atoms with Crippen molar-refractivity contribution >= 4 is 23.2 Å². The molecule has 2 N–H and O–H groups in total. The van der Waals surface area contributed by atoms with Crippen molar-refractivity contribution in [3.63, 3.8) is 0 Å². The molecule has 0 radical (unpaired) electrons. The quantitative estimate of drug-likeness (QED) is 0.804. The van der Waals surface area contributed by atoms with Crippen LogP contribution in [0.1, 0.15) is 30.5 Å². The molecule has 0 saturated carbocycles. The average molecular weight is 218 g/mol. The van der Waals surface area contributed by atoms with E-state index in [1.165, 1.54) is 0 Å². The number of rotatable bonds is 2. The highest BCUT2D eigenvalue weighted by Crippen LogP contribution is 2.30. The van der Waals surface area contributed by atoms with Crippen LogP contribution < -0.4 is 5.73 Å². The number of hydrogen-bond acceptors (Lipinski definition) is 1. The fourth-order valence-electron chi connectivity index (χ4n) is 1.29. The Kier molecular flexibility index (Phi) is 3.60. The molecular formula is C10H13Cl2N. The summed E-state index contributed by atoms with van der Waals surface area (Å²) in [5.74, 6) is 0. The number of halogens is 2. The molecule has 1 nitrogen and oxygen atoms in total. The summed E-state index contributed by atoms with van der Waals surface area (Å²) >= 11 is 11.9. The van der Waals surface area contributed by atoms with E-state index in [9.17, 15) is 0 Å². The maximum atomic E-state index is 6.00. The van der Waals surface area contributed by atoms with Gasteiger partial charge >= 0.3 is 0 Å². The van der Waals surface area contributed by atoms with Crippen molar-refractivity contribution in [3.05, 3.63) is 33.3 Å². The average Bonchev–Trinajstić information content (AvgIpc) is 2.13. The van der Waals surface area contributed by atoms with E-state index in [1.54, 1.807) is 6.07 Å². The predicted octanol–water partition coefficient (Wildman–Crippen LogP) is 3.71. The third kappa shape index (κ3) is 2.16. The third-order valence-corrected chi connectivity index (χ3v) is 3.12. The van der Waals surface area contributed by atoms with Crippen molar-refractivity contribution < 1.29 is 0 Å². The molecule has 13 heavy (non-hydrogen) atoms. The van der Waals surface area contributed by atoms with Crippen LogP contribution in [0.15, 0.2) is 12.1 Å². The maximum absolute atomic E-state index is 6.00. The summed E-state index contributed by atoms with van der Waals surface area (Å²) in [6.45, 7) is 3.99. The minimum atomic E-state index is 0.0507. The first-order valence-corrected chi connectivity index (χ1v) is 5.03. The second-order valence-electron chi connectivity index (χ2n) is 3.09. The summed E-state index contributed by atoms with van der Waals surface area (Å²) < 4.78 is 0. The molecule has 0 aliphatic rings. The normalized spacial score (nSPS) is 13.0. The molecule has 0 aromatic heterocycles. The summed E-state index contributed by atoms with van der Waals surface area (Å²) in [5, 5.41) is 1.20. The second-order valence-corrected chi connectivity index (χ2v) is 3.88. The van der Waals surface area contributed by atoms with Gasteiger partial charge in [0, 0.05) is 6.04 Å². The van der Waals surface area contributed by atoms with E-state index in [4.69, 9.17) is 28.9 Å². The molecule has 0 fully saturated rings. The van der Waals surface area contributed by atoms with Gasteiger partial charge in [-0.3, -0.25) is 0 Å². The fraction of sp³-hybridized carbons (Fsp3) is 0.400. The van der Waals surface area contributed by atoms with Crippen molar-refractivity contribution in [2.75, 3.05) is 0 Å². The lowest BCUT2D eigenvalue weighted by molar-refractivity contribution is 0.694. The second kappa shape index (κ2) is 4.32. The predicted molar refractivity (Wildman–Crippen MR) is 58.4 cm³/mol. The van der Waals surface area contributed by atoms with Crippen molar-refractivity contribution in [2.45, 2.75) is 26.3 Å². The Bertz CT molecular complexity index is 310. The van der Waals surface area contributed by atoms with Crippen molar-refractivity contribution in [3.8, 4) is 0 Å². The molecule has 0 unspecified atom stereocenters. The number of nitrogens with two attached hydrogens (primary N) is 1. The molecule has 1 rings (SSSR count). The Morgan fingerprint density at radius 2 is 2.00 bits per heavy atom. The molecule has 1 atom stereocenters. The van der Waals surface area contributed by atoms with E-state index in [1.807, 2.05) is 19.9 Å². The molecule has 0 aliphatic carbocycles. The minimum absolute atomic E-state index is 0.0507. The molecule has 1 aromatic carbocycles. The van der Waals surface area contributed by atoms with E-state index >= 15 is 0 Å². The fourth-order valence-corrected chi connectivity index (χ4v) is 1.67. The lowest BCUT2D eigenvalue weighted by atomic mass is 10.0.